The molecule has 3 nitrogen and oxygen atoms in total. The molecule has 1 N–H and O–H groups in total. The number of nitrogens with zero attached hydrogens (tertiary/aromatic N) is 1. The van der Waals surface area contributed by atoms with Gasteiger partial charge in [0, 0.05) is 23.7 Å². The van der Waals surface area contributed by atoms with Gasteiger partial charge in [-0.05, 0) is 18.7 Å². The lowest BCUT2D eigenvalue weighted by molar-refractivity contribution is -0.141. The van der Waals surface area contributed by atoms with Crippen molar-refractivity contribution in [2.75, 3.05) is 13.1 Å². The molecule has 0 spiro atoms. The van der Waals surface area contributed by atoms with Crippen molar-refractivity contribution >= 4 is 17.6 Å². The highest BCUT2D eigenvalue weighted by atomic mass is 35.5. The molecule has 0 bridgehead atoms. The van der Waals surface area contributed by atoms with Crippen molar-refractivity contribution in [2.45, 2.75) is 20.4 Å². The summed E-state index contributed by atoms with van der Waals surface area (Å²) in [5.41, 5.74) is 0.527. The Morgan fingerprint density at radius 1 is 1.56 bits per heavy atom. The first-order chi connectivity index (χ1) is 8.43. The van der Waals surface area contributed by atoms with Crippen LogP contribution in [-0.2, 0) is 11.3 Å². The molecule has 0 aliphatic heterocycles. The van der Waals surface area contributed by atoms with Gasteiger partial charge >= 0.3 is 5.97 Å². The van der Waals surface area contributed by atoms with Gasteiger partial charge in [0.25, 0.3) is 0 Å². The monoisotopic (exact) mass is 273 g/mol. The van der Waals surface area contributed by atoms with E-state index in [4.69, 9.17) is 16.7 Å². The quantitative estimate of drug-likeness (QED) is 0.866. The predicted octanol–water partition coefficient (Wildman–Crippen LogP) is 3.02. The van der Waals surface area contributed by atoms with Gasteiger partial charge in [-0.25, -0.2) is 4.39 Å². The fourth-order valence-corrected chi connectivity index (χ4v) is 1.82. The van der Waals surface area contributed by atoms with Crippen LogP contribution in [0.25, 0.3) is 0 Å². The van der Waals surface area contributed by atoms with Gasteiger partial charge in [-0.3, -0.25) is 9.69 Å². The molecule has 1 aromatic carbocycles. The van der Waals surface area contributed by atoms with Crippen LogP contribution in [0.3, 0.4) is 0 Å². The molecule has 1 unspecified atom stereocenters. The molecule has 1 rings (SSSR count). The number of hydrogen-bond acceptors (Lipinski definition) is 2. The number of carboxylic acid groups (broad SMARTS) is 1. The highest BCUT2D eigenvalue weighted by Gasteiger charge is 2.16. The molecule has 0 amide bonds. The molecule has 18 heavy (non-hydrogen) atoms. The molecule has 0 saturated heterocycles. The number of benzene rings is 1. The third kappa shape index (κ3) is 4.27. The van der Waals surface area contributed by atoms with Gasteiger partial charge in [0.05, 0.1) is 5.92 Å². The van der Waals surface area contributed by atoms with Gasteiger partial charge in [0.2, 0.25) is 0 Å². The van der Waals surface area contributed by atoms with E-state index in [0.717, 1.165) is 0 Å². The van der Waals surface area contributed by atoms with Gasteiger partial charge in [-0.15, -0.1) is 0 Å². The van der Waals surface area contributed by atoms with E-state index in [0.29, 0.717) is 30.2 Å². The van der Waals surface area contributed by atoms with Gasteiger partial charge < -0.3 is 5.11 Å². The van der Waals surface area contributed by atoms with E-state index in [-0.39, 0.29) is 5.82 Å². The van der Waals surface area contributed by atoms with Crippen LogP contribution < -0.4 is 0 Å². The van der Waals surface area contributed by atoms with Crippen LogP contribution in [0.5, 0.6) is 0 Å². The number of hydrogen-bond donors (Lipinski definition) is 1. The minimum Gasteiger partial charge on any atom is -0.481 e. The van der Waals surface area contributed by atoms with Crippen molar-refractivity contribution in [1.29, 1.82) is 0 Å². The van der Waals surface area contributed by atoms with Crippen LogP contribution >= 0.6 is 11.6 Å². The largest absolute Gasteiger partial charge is 0.481 e. The highest BCUT2D eigenvalue weighted by Crippen LogP contribution is 2.16. The molecule has 0 saturated carbocycles. The van der Waals surface area contributed by atoms with Crippen LogP contribution in [0.2, 0.25) is 5.02 Å². The molecular formula is C13H17ClFNO2. The number of carbonyl (C=O) groups is 1. The SMILES string of the molecule is CCN(Cc1ccc(Cl)cc1F)CC(C)C(=O)O. The Labute approximate surface area is 111 Å². The molecule has 1 aromatic rings. The zero-order chi connectivity index (χ0) is 13.7. The lowest BCUT2D eigenvalue weighted by atomic mass is 10.1. The van der Waals surface area contributed by atoms with Crippen molar-refractivity contribution in [1.82, 2.24) is 4.90 Å². The van der Waals surface area contributed by atoms with Crippen LogP contribution in [0.1, 0.15) is 19.4 Å². The molecule has 1 atom stereocenters. The van der Waals surface area contributed by atoms with Crippen molar-refractivity contribution in [3.05, 3.63) is 34.6 Å². The third-order valence-electron chi connectivity index (χ3n) is 2.81. The van der Waals surface area contributed by atoms with Gasteiger partial charge in [-0.1, -0.05) is 31.5 Å². The molecule has 0 heterocycles. The maximum atomic E-state index is 13.6. The molecule has 0 aliphatic carbocycles. The second kappa shape index (κ2) is 6.71. The van der Waals surface area contributed by atoms with E-state index in [9.17, 15) is 9.18 Å². The van der Waals surface area contributed by atoms with Crippen molar-refractivity contribution in [3.63, 3.8) is 0 Å². The van der Waals surface area contributed by atoms with Crippen molar-refractivity contribution in [3.8, 4) is 0 Å². The summed E-state index contributed by atoms with van der Waals surface area (Å²) in [6, 6.07) is 4.53. The Kier molecular flexibility index (Phi) is 5.56. The predicted molar refractivity (Wildman–Crippen MR) is 69.2 cm³/mol. The number of carboxylic acids is 1. The molecule has 100 valence electrons. The first-order valence-corrected chi connectivity index (χ1v) is 6.21. The Hall–Kier alpha value is -1.13. The van der Waals surface area contributed by atoms with Crippen molar-refractivity contribution in [2.24, 2.45) is 5.92 Å². The average Bonchev–Trinajstić information content (AvgIpc) is 2.31. The third-order valence-corrected chi connectivity index (χ3v) is 3.05. The lowest BCUT2D eigenvalue weighted by Crippen LogP contribution is -2.31. The van der Waals surface area contributed by atoms with Gasteiger partial charge in [0.15, 0.2) is 0 Å². The summed E-state index contributed by atoms with van der Waals surface area (Å²) in [7, 11) is 0. The maximum absolute atomic E-state index is 13.6. The molecule has 0 aromatic heterocycles. The highest BCUT2D eigenvalue weighted by molar-refractivity contribution is 6.30. The molecule has 5 heteroatoms. The maximum Gasteiger partial charge on any atom is 0.307 e. The number of halogens is 2. The van der Waals surface area contributed by atoms with Crippen LogP contribution in [0.4, 0.5) is 4.39 Å². The summed E-state index contributed by atoms with van der Waals surface area (Å²) in [6.45, 7) is 5.01. The average molecular weight is 274 g/mol. The summed E-state index contributed by atoms with van der Waals surface area (Å²) < 4.78 is 13.6. The van der Waals surface area contributed by atoms with E-state index in [1.54, 1.807) is 19.1 Å². The molecular weight excluding hydrogens is 257 g/mol. The number of aliphatic carboxylic acids is 1. The lowest BCUT2D eigenvalue weighted by Gasteiger charge is -2.22. The fraction of sp³-hybridized carbons (Fsp3) is 0.462. The normalized spacial score (nSPS) is 12.7. The molecule has 0 aliphatic rings. The zero-order valence-electron chi connectivity index (χ0n) is 10.5. The van der Waals surface area contributed by atoms with E-state index < -0.39 is 11.9 Å². The Bertz CT molecular complexity index is 425. The summed E-state index contributed by atoms with van der Waals surface area (Å²) in [5.74, 6) is -1.67. The topological polar surface area (TPSA) is 40.5 Å². The Balaban J connectivity index is 2.70. The minimum absolute atomic E-state index is 0.357. The summed E-state index contributed by atoms with van der Waals surface area (Å²) in [5, 5.41) is 9.22. The zero-order valence-corrected chi connectivity index (χ0v) is 11.2. The summed E-state index contributed by atoms with van der Waals surface area (Å²) in [6.07, 6.45) is 0. The fourth-order valence-electron chi connectivity index (χ4n) is 1.66. The number of rotatable bonds is 6. The van der Waals surface area contributed by atoms with Crippen molar-refractivity contribution < 1.29 is 14.3 Å². The first-order valence-electron chi connectivity index (χ1n) is 5.83. The smallest absolute Gasteiger partial charge is 0.307 e. The first kappa shape index (κ1) is 14.9. The minimum atomic E-state index is -0.843. The van der Waals surface area contributed by atoms with Crippen LogP contribution in [0.15, 0.2) is 18.2 Å². The summed E-state index contributed by atoms with van der Waals surface area (Å²) >= 11 is 5.68. The Morgan fingerprint density at radius 2 is 2.22 bits per heavy atom. The molecule has 0 radical (unpaired) electrons. The second-order valence-corrected chi connectivity index (χ2v) is 4.74. The second-order valence-electron chi connectivity index (χ2n) is 4.30. The van der Waals surface area contributed by atoms with E-state index in [1.165, 1.54) is 6.07 Å². The van der Waals surface area contributed by atoms with E-state index in [1.807, 2.05) is 11.8 Å². The summed E-state index contributed by atoms with van der Waals surface area (Å²) in [4.78, 5) is 12.7. The Morgan fingerprint density at radius 3 is 2.72 bits per heavy atom. The van der Waals surface area contributed by atoms with Gasteiger partial charge in [0.1, 0.15) is 5.82 Å². The van der Waals surface area contributed by atoms with Crippen LogP contribution in [-0.4, -0.2) is 29.1 Å². The van der Waals surface area contributed by atoms with E-state index in [2.05, 4.69) is 0 Å². The molecule has 0 fully saturated rings. The standard InChI is InChI=1S/C13H17ClFNO2/c1-3-16(7-9(2)13(17)18)8-10-4-5-11(14)6-12(10)15/h4-6,9H,3,7-8H2,1-2H3,(H,17,18). The van der Waals surface area contributed by atoms with Gasteiger partial charge in [-0.2, -0.15) is 0 Å². The van der Waals surface area contributed by atoms with Crippen LogP contribution in [0, 0.1) is 11.7 Å². The van der Waals surface area contributed by atoms with E-state index >= 15 is 0 Å².